The van der Waals surface area contributed by atoms with Crippen LogP contribution < -0.4 is 24.8 Å². The fraction of sp³-hybridized carbons (Fsp3) is 0.489. The lowest BCUT2D eigenvalue weighted by Gasteiger charge is -2.30. The van der Waals surface area contributed by atoms with Crippen LogP contribution in [-0.4, -0.2) is 94.3 Å². The average Bonchev–Trinajstić information content (AvgIpc) is 4.14. The highest BCUT2D eigenvalue weighted by Gasteiger charge is 2.62. The zero-order valence-electron chi connectivity index (χ0n) is 37.1. The van der Waals surface area contributed by atoms with E-state index < -0.39 is 74.3 Å². The number of allylic oxidation sites excluding steroid dienone is 1. The van der Waals surface area contributed by atoms with E-state index in [1.165, 1.54) is 11.0 Å². The number of amides is 4. The number of hydrogen-bond donors (Lipinski definition) is 3. The molecule has 342 valence electrons. The Labute approximate surface area is 373 Å². The molecule has 3 aliphatic rings. The molecule has 4 aromatic rings. The Balaban J connectivity index is 1.23. The average molecular weight is 899 g/mol. The second-order valence-corrected chi connectivity index (χ2v) is 20.1. The number of hydrogen-bond acceptors (Lipinski definition) is 12. The lowest BCUT2D eigenvalue weighted by molar-refractivity contribution is -0.141. The molecule has 0 spiro atoms. The molecule has 0 bridgehead atoms. The normalized spacial score (nSPS) is 21.3. The summed E-state index contributed by atoms with van der Waals surface area (Å²) in [5.41, 5.74) is -0.481. The van der Waals surface area contributed by atoms with Gasteiger partial charge in [0.1, 0.15) is 46.2 Å². The van der Waals surface area contributed by atoms with E-state index in [1.807, 2.05) is 62.4 Å². The Morgan fingerprint density at radius 3 is 2.41 bits per heavy atom. The van der Waals surface area contributed by atoms with Gasteiger partial charge in [-0.15, -0.1) is 13.2 Å². The van der Waals surface area contributed by atoms with Gasteiger partial charge in [0.2, 0.25) is 27.4 Å². The van der Waals surface area contributed by atoms with Crippen LogP contribution in [0.2, 0.25) is 0 Å². The number of unbranched alkanes of at least 4 members (excludes halogenated alkanes) is 3. The Bertz CT molecular complexity index is 2530. The van der Waals surface area contributed by atoms with E-state index in [0.717, 1.165) is 24.6 Å². The van der Waals surface area contributed by atoms with Gasteiger partial charge in [-0.1, -0.05) is 37.1 Å². The number of fused-ring (bicyclic) bond motifs is 3. The molecule has 2 aliphatic carbocycles. The molecule has 17 heteroatoms. The molecule has 1 saturated heterocycles. The number of carbonyl (C=O) groups is 4. The van der Waals surface area contributed by atoms with Crippen molar-refractivity contribution in [2.24, 2.45) is 5.92 Å². The topological polar surface area (TPSA) is 208 Å². The summed E-state index contributed by atoms with van der Waals surface area (Å²) in [5, 5.41) is 5.62. The second-order valence-electron chi connectivity index (χ2n) is 18.1. The first-order valence-corrected chi connectivity index (χ1v) is 23.5. The van der Waals surface area contributed by atoms with Gasteiger partial charge in [0.05, 0.1) is 17.9 Å². The number of furan rings is 1. The minimum Gasteiger partial charge on any atom is -0.491 e. The summed E-state index contributed by atoms with van der Waals surface area (Å²) in [5.74, 6) is -1.60. The lowest BCUT2D eigenvalue weighted by Crippen LogP contribution is -2.58. The van der Waals surface area contributed by atoms with Crippen LogP contribution in [0.4, 0.5) is 4.79 Å². The maximum atomic E-state index is 14.8. The van der Waals surface area contributed by atoms with Crippen LogP contribution >= 0.6 is 0 Å². The molecule has 5 atom stereocenters. The van der Waals surface area contributed by atoms with E-state index in [2.05, 4.69) is 28.5 Å². The van der Waals surface area contributed by atoms with Crippen molar-refractivity contribution >= 4 is 55.9 Å². The SMILES string of the molecule is C=CCCCCC[C@H](NC(=O)OC(C)(C)C)C(=O)N1C[C@H](Oc2nc(-c3ccc(OC(C)C)cc3)nc3c2oc2ccccc23)C[C@H]1C(=O)N[C@]1(C(=O)NS(=O)(=O)C2CC2)C[C@H]1C=C. The first-order valence-electron chi connectivity index (χ1n) is 22.0. The number of ether oxygens (including phenoxy) is 3. The molecule has 16 nitrogen and oxygen atoms in total. The van der Waals surface area contributed by atoms with Crippen molar-refractivity contribution in [3.63, 3.8) is 0 Å². The number of aromatic nitrogens is 2. The van der Waals surface area contributed by atoms with Gasteiger partial charge in [-0.25, -0.2) is 18.2 Å². The number of rotatable bonds is 19. The predicted molar refractivity (Wildman–Crippen MR) is 241 cm³/mol. The number of benzene rings is 2. The molecule has 2 aromatic carbocycles. The number of sulfonamides is 1. The number of nitrogens with zero attached hydrogens (tertiary/aromatic N) is 3. The molecule has 4 amide bonds. The highest BCUT2D eigenvalue weighted by Crippen LogP contribution is 2.46. The third-order valence-electron chi connectivity index (χ3n) is 11.4. The zero-order chi connectivity index (χ0) is 46.0. The number of carbonyl (C=O) groups excluding carboxylic acids is 4. The highest BCUT2D eigenvalue weighted by molar-refractivity contribution is 7.91. The number of alkyl carbamates (subject to hydrolysis) is 1. The van der Waals surface area contributed by atoms with Gasteiger partial charge in [0.25, 0.3) is 11.8 Å². The van der Waals surface area contributed by atoms with Crippen LogP contribution in [0, 0.1) is 5.92 Å². The van der Waals surface area contributed by atoms with Crippen molar-refractivity contribution < 1.29 is 46.2 Å². The molecule has 3 N–H and O–H groups in total. The van der Waals surface area contributed by atoms with Crippen LogP contribution in [0.15, 0.2) is 78.3 Å². The molecule has 64 heavy (non-hydrogen) atoms. The zero-order valence-corrected chi connectivity index (χ0v) is 37.9. The number of nitrogens with one attached hydrogen (secondary N) is 3. The van der Waals surface area contributed by atoms with Crippen LogP contribution in [0.25, 0.3) is 33.5 Å². The summed E-state index contributed by atoms with van der Waals surface area (Å²) in [6.07, 6.45) is 5.75. The van der Waals surface area contributed by atoms with Gasteiger partial charge in [0.15, 0.2) is 5.82 Å². The summed E-state index contributed by atoms with van der Waals surface area (Å²) in [6, 6.07) is 12.4. The van der Waals surface area contributed by atoms with E-state index in [4.69, 9.17) is 28.6 Å². The van der Waals surface area contributed by atoms with Crippen molar-refractivity contribution in [2.75, 3.05) is 6.54 Å². The maximum Gasteiger partial charge on any atom is 0.408 e. The fourth-order valence-corrected chi connectivity index (χ4v) is 9.37. The Hall–Kier alpha value is -5.97. The summed E-state index contributed by atoms with van der Waals surface area (Å²) in [6.45, 7) is 16.5. The summed E-state index contributed by atoms with van der Waals surface area (Å²) >= 11 is 0. The van der Waals surface area contributed by atoms with E-state index in [1.54, 1.807) is 26.8 Å². The minimum atomic E-state index is -3.95. The van der Waals surface area contributed by atoms with Crippen molar-refractivity contribution in [1.82, 2.24) is 30.2 Å². The Kier molecular flexibility index (Phi) is 13.4. The van der Waals surface area contributed by atoms with Gasteiger partial charge < -0.3 is 34.2 Å². The predicted octanol–water partition coefficient (Wildman–Crippen LogP) is 6.88. The van der Waals surface area contributed by atoms with Gasteiger partial charge in [-0.05, 0) is 110 Å². The molecule has 2 saturated carbocycles. The third kappa shape index (κ3) is 10.5. The van der Waals surface area contributed by atoms with Crippen molar-refractivity contribution in [2.45, 2.75) is 133 Å². The highest BCUT2D eigenvalue weighted by atomic mass is 32.2. The molecule has 7 rings (SSSR count). The van der Waals surface area contributed by atoms with Crippen molar-refractivity contribution in [3.8, 4) is 23.0 Å². The van der Waals surface area contributed by atoms with Crippen LogP contribution in [-0.2, 0) is 29.1 Å². The molecule has 0 unspecified atom stereocenters. The van der Waals surface area contributed by atoms with Gasteiger partial charge >= 0.3 is 6.09 Å². The summed E-state index contributed by atoms with van der Waals surface area (Å²) in [7, 11) is -3.95. The molecule has 3 heterocycles. The van der Waals surface area contributed by atoms with E-state index in [0.29, 0.717) is 47.5 Å². The monoisotopic (exact) mass is 898 g/mol. The first kappa shape index (κ1) is 46.0. The second kappa shape index (κ2) is 18.6. The van der Waals surface area contributed by atoms with Gasteiger partial charge in [-0.2, -0.15) is 4.98 Å². The Morgan fingerprint density at radius 2 is 1.75 bits per heavy atom. The first-order chi connectivity index (χ1) is 30.4. The molecular weight excluding hydrogens is 841 g/mol. The van der Waals surface area contributed by atoms with Crippen LogP contribution in [0.5, 0.6) is 11.6 Å². The molecule has 3 fully saturated rings. The van der Waals surface area contributed by atoms with E-state index in [9.17, 15) is 27.6 Å². The van der Waals surface area contributed by atoms with Gasteiger partial charge in [-0.3, -0.25) is 19.1 Å². The molecule has 1 aliphatic heterocycles. The van der Waals surface area contributed by atoms with Crippen molar-refractivity contribution in [1.29, 1.82) is 0 Å². The van der Waals surface area contributed by atoms with E-state index in [-0.39, 0.29) is 43.4 Å². The Morgan fingerprint density at radius 1 is 1.02 bits per heavy atom. The van der Waals surface area contributed by atoms with Crippen LogP contribution in [0.3, 0.4) is 0 Å². The standard InChI is InChI=1S/C47H58N6O10S/c1-8-10-11-12-13-17-35(48-45(57)63-46(5,6)7)43(55)53-27-32(25-36(53)41(54)51-47(26-30(47)9-2)44(56)52-64(58,59)33-23-24-33)61-42-39-38(34-16-14-15-18-37(34)62-39)49-40(50-42)29-19-21-31(22-20-29)60-28(3)4/h8-9,14-16,18-22,28,30,32-33,35-36H,1-2,10-13,17,23-27H2,3-7H3,(H,48,57)(H,51,54)(H,52,56)/t30-,32-,35+,36+,47-/m1/s1. The minimum absolute atomic E-state index is 0.0240. The largest absolute Gasteiger partial charge is 0.491 e. The number of para-hydroxylation sites is 1. The lowest BCUT2D eigenvalue weighted by atomic mass is 10.0. The smallest absolute Gasteiger partial charge is 0.408 e. The molecule has 0 radical (unpaired) electrons. The van der Waals surface area contributed by atoms with Gasteiger partial charge in [0, 0.05) is 23.3 Å². The van der Waals surface area contributed by atoms with Crippen LogP contribution in [0.1, 0.15) is 92.4 Å². The van der Waals surface area contributed by atoms with Crippen molar-refractivity contribution in [3.05, 3.63) is 73.8 Å². The summed E-state index contributed by atoms with van der Waals surface area (Å²) < 4.78 is 52.3. The quantitative estimate of drug-likeness (QED) is 0.0651. The fourth-order valence-electron chi connectivity index (χ4n) is 8.00. The number of likely N-dealkylation sites (tertiary alicyclic amines) is 1. The third-order valence-corrected chi connectivity index (χ3v) is 13.3. The molecular formula is C47H58N6O10S. The summed E-state index contributed by atoms with van der Waals surface area (Å²) in [4.78, 5) is 67.4. The molecule has 2 aromatic heterocycles. The maximum absolute atomic E-state index is 14.8. The van der Waals surface area contributed by atoms with E-state index >= 15 is 0 Å².